The van der Waals surface area contributed by atoms with E-state index >= 15 is 0 Å². The van der Waals surface area contributed by atoms with Crippen molar-refractivity contribution in [2.24, 2.45) is 0 Å². The Kier molecular flexibility index (Phi) is 4.39. The van der Waals surface area contributed by atoms with Crippen LogP contribution in [0.4, 0.5) is 11.4 Å². The van der Waals surface area contributed by atoms with E-state index in [1.165, 1.54) is 0 Å². The first-order chi connectivity index (χ1) is 11.6. The summed E-state index contributed by atoms with van der Waals surface area (Å²) >= 11 is 0. The van der Waals surface area contributed by atoms with Crippen molar-refractivity contribution in [1.29, 1.82) is 5.26 Å². The molecule has 0 saturated carbocycles. The second-order valence-electron chi connectivity index (χ2n) is 6.04. The summed E-state index contributed by atoms with van der Waals surface area (Å²) in [5, 5.41) is 9.29. The highest BCUT2D eigenvalue weighted by atomic mass is 16.2. The number of aryl methyl sites for hydroxylation is 1. The minimum atomic E-state index is 0.0659. The number of amides is 1. The lowest BCUT2D eigenvalue weighted by molar-refractivity contribution is 0.0746. The molecule has 2 N–H and O–H groups in total. The Morgan fingerprint density at radius 3 is 2.54 bits per heavy atom. The third kappa shape index (κ3) is 3.18. The van der Waals surface area contributed by atoms with Crippen LogP contribution in [0.2, 0.25) is 0 Å². The third-order valence-electron chi connectivity index (χ3n) is 4.31. The molecule has 5 nitrogen and oxygen atoms in total. The fourth-order valence-electron chi connectivity index (χ4n) is 3.03. The van der Waals surface area contributed by atoms with Crippen molar-refractivity contribution in [3.05, 3.63) is 59.2 Å². The van der Waals surface area contributed by atoms with Crippen LogP contribution < -0.4 is 10.6 Å². The lowest BCUT2D eigenvalue weighted by atomic mass is 10.1. The van der Waals surface area contributed by atoms with Crippen LogP contribution in [0.1, 0.15) is 21.5 Å². The molecular weight excluding hydrogens is 300 g/mol. The van der Waals surface area contributed by atoms with Crippen LogP contribution in [0.3, 0.4) is 0 Å². The number of rotatable bonds is 2. The molecule has 0 aliphatic carbocycles. The number of nitrogens with zero attached hydrogens (tertiary/aromatic N) is 3. The first-order valence-corrected chi connectivity index (χ1v) is 7.99. The monoisotopic (exact) mass is 320 g/mol. The summed E-state index contributed by atoms with van der Waals surface area (Å²) < 4.78 is 0. The number of hydrogen-bond donors (Lipinski definition) is 1. The number of piperazine rings is 1. The molecule has 0 spiro atoms. The first kappa shape index (κ1) is 15.9. The summed E-state index contributed by atoms with van der Waals surface area (Å²) in [7, 11) is 0. The fraction of sp³-hybridized carbons (Fsp3) is 0.263. The van der Waals surface area contributed by atoms with Gasteiger partial charge in [-0.15, -0.1) is 0 Å². The summed E-state index contributed by atoms with van der Waals surface area (Å²) in [6, 6.07) is 15.2. The second kappa shape index (κ2) is 6.63. The standard InChI is InChI=1S/C19H20N4O/c1-14-3-2-4-15(11-14)19(24)23-9-7-22(8-10-23)18-6-5-17(21)12-16(18)13-20/h2-6,11-12H,7-10,21H2,1H3. The third-order valence-corrected chi connectivity index (χ3v) is 4.31. The first-order valence-electron chi connectivity index (χ1n) is 7.99. The van der Waals surface area contributed by atoms with Gasteiger partial charge in [-0.25, -0.2) is 0 Å². The maximum absolute atomic E-state index is 12.6. The Balaban J connectivity index is 1.70. The van der Waals surface area contributed by atoms with Gasteiger partial charge in [0.25, 0.3) is 5.91 Å². The number of benzene rings is 2. The summed E-state index contributed by atoms with van der Waals surface area (Å²) in [5.74, 6) is 0.0659. The molecule has 0 radical (unpaired) electrons. The van der Waals surface area contributed by atoms with Gasteiger partial charge in [0, 0.05) is 37.4 Å². The van der Waals surface area contributed by atoms with Crippen molar-refractivity contribution in [1.82, 2.24) is 4.90 Å². The zero-order chi connectivity index (χ0) is 17.1. The van der Waals surface area contributed by atoms with E-state index in [1.807, 2.05) is 42.2 Å². The van der Waals surface area contributed by atoms with Crippen LogP contribution in [-0.2, 0) is 0 Å². The van der Waals surface area contributed by atoms with Gasteiger partial charge in [0.1, 0.15) is 6.07 Å². The number of nitrogen functional groups attached to an aromatic ring is 1. The summed E-state index contributed by atoms with van der Waals surface area (Å²) in [4.78, 5) is 16.6. The molecule has 0 bridgehead atoms. The predicted molar refractivity (Wildman–Crippen MR) is 94.9 cm³/mol. The Hall–Kier alpha value is -3.00. The molecular formula is C19H20N4O. The summed E-state index contributed by atoms with van der Waals surface area (Å²) in [5.41, 5.74) is 9.61. The van der Waals surface area contributed by atoms with Gasteiger partial charge in [-0.3, -0.25) is 4.79 Å². The average molecular weight is 320 g/mol. The lowest BCUT2D eigenvalue weighted by Gasteiger charge is -2.36. The predicted octanol–water partition coefficient (Wildman–Crippen LogP) is 2.41. The molecule has 1 saturated heterocycles. The van der Waals surface area contributed by atoms with Crippen LogP contribution in [-0.4, -0.2) is 37.0 Å². The van der Waals surface area contributed by atoms with E-state index < -0.39 is 0 Å². The molecule has 1 aliphatic rings. The van der Waals surface area contributed by atoms with Crippen molar-refractivity contribution >= 4 is 17.3 Å². The Bertz CT molecular complexity index is 801. The molecule has 0 unspecified atom stereocenters. The molecule has 1 aliphatic heterocycles. The SMILES string of the molecule is Cc1cccc(C(=O)N2CCN(c3ccc(N)cc3C#N)CC2)c1. The summed E-state index contributed by atoms with van der Waals surface area (Å²) in [6.45, 7) is 4.68. The molecule has 3 rings (SSSR count). The minimum Gasteiger partial charge on any atom is -0.399 e. The van der Waals surface area contributed by atoms with Gasteiger partial charge in [0.2, 0.25) is 0 Å². The van der Waals surface area contributed by atoms with Gasteiger partial charge < -0.3 is 15.5 Å². The maximum atomic E-state index is 12.6. The highest BCUT2D eigenvalue weighted by Gasteiger charge is 2.23. The van der Waals surface area contributed by atoms with Gasteiger partial charge in [0.15, 0.2) is 0 Å². The molecule has 2 aromatic rings. The molecule has 24 heavy (non-hydrogen) atoms. The van der Waals surface area contributed by atoms with Gasteiger partial charge in [-0.1, -0.05) is 17.7 Å². The second-order valence-corrected chi connectivity index (χ2v) is 6.04. The van der Waals surface area contributed by atoms with Crippen molar-refractivity contribution in [2.45, 2.75) is 6.92 Å². The molecule has 1 heterocycles. The van der Waals surface area contributed by atoms with Gasteiger partial charge in [-0.2, -0.15) is 5.26 Å². The Labute approximate surface area is 141 Å². The normalized spacial score (nSPS) is 14.3. The van der Waals surface area contributed by atoms with Crippen LogP contribution >= 0.6 is 0 Å². The molecule has 0 aromatic heterocycles. The number of nitriles is 1. The van der Waals surface area contributed by atoms with Crippen LogP contribution in [0.5, 0.6) is 0 Å². The molecule has 1 fully saturated rings. The topological polar surface area (TPSA) is 73.4 Å². The number of nitrogens with two attached hydrogens (primary N) is 1. The molecule has 0 atom stereocenters. The van der Waals surface area contributed by atoms with E-state index in [4.69, 9.17) is 5.73 Å². The summed E-state index contributed by atoms with van der Waals surface area (Å²) in [6.07, 6.45) is 0. The van der Waals surface area contributed by atoms with Crippen molar-refractivity contribution in [2.75, 3.05) is 36.8 Å². The number of carbonyl (C=O) groups is 1. The largest absolute Gasteiger partial charge is 0.399 e. The molecule has 122 valence electrons. The van der Waals surface area contributed by atoms with Crippen LogP contribution in [0.15, 0.2) is 42.5 Å². The zero-order valence-corrected chi connectivity index (χ0v) is 13.7. The number of hydrogen-bond acceptors (Lipinski definition) is 4. The van der Waals surface area contributed by atoms with E-state index in [9.17, 15) is 10.1 Å². The van der Waals surface area contributed by atoms with Crippen molar-refractivity contribution in [3.63, 3.8) is 0 Å². The van der Waals surface area contributed by atoms with Gasteiger partial charge in [-0.05, 0) is 37.3 Å². The zero-order valence-electron chi connectivity index (χ0n) is 13.7. The lowest BCUT2D eigenvalue weighted by Crippen LogP contribution is -2.49. The molecule has 2 aromatic carbocycles. The molecule has 1 amide bonds. The minimum absolute atomic E-state index is 0.0659. The van der Waals surface area contributed by atoms with Gasteiger partial charge in [0.05, 0.1) is 11.3 Å². The Morgan fingerprint density at radius 1 is 1.12 bits per heavy atom. The maximum Gasteiger partial charge on any atom is 0.253 e. The van der Waals surface area contributed by atoms with E-state index in [-0.39, 0.29) is 5.91 Å². The number of anilines is 2. The fourth-order valence-corrected chi connectivity index (χ4v) is 3.03. The van der Waals surface area contributed by atoms with Crippen LogP contribution in [0.25, 0.3) is 0 Å². The van der Waals surface area contributed by atoms with E-state index in [1.54, 1.807) is 12.1 Å². The van der Waals surface area contributed by atoms with Crippen LogP contribution in [0, 0.1) is 18.3 Å². The van der Waals surface area contributed by atoms with E-state index in [0.29, 0.717) is 37.4 Å². The smallest absolute Gasteiger partial charge is 0.253 e. The van der Waals surface area contributed by atoms with Crippen molar-refractivity contribution < 1.29 is 4.79 Å². The van der Waals surface area contributed by atoms with Crippen molar-refractivity contribution in [3.8, 4) is 6.07 Å². The number of carbonyl (C=O) groups excluding carboxylic acids is 1. The highest BCUT2D eigenvalue weighted by molar-refractivity contribution is 5.94. The average Bonchev–Trinajstić information content (AvgIpc) is 2.61. The quantitative estimate of drug-likeness (QED) is 0.862. The van der Waals surface area contributed by atoms with E-state index in [0.717, 1.165) is 16.8 Å². The Morgan fingerprint density at radius 2 is 1.88 bits per heavy atom. The van der Waals surface area contributed by atoms with Gasteiger partial charge >= 0.3 is 0 Å². The molecule has 5 heteroatoms. The highest BCUT2D eigenvalue weighted by Crippen LogP contribution is 2.24. The van der Waals surface area contributed by atoms with E-state index in [2.05, 4.69) is 11.0 Å².